The summed E-state index contributed by atoms with van der Waals surface area (Å²) in [7, 11) is 1.60. The van der Waals surface area contributed by atoms with Crippen molar-refractivity contribution in [2.24, 2.45) is 0 Å². The predicted molar refractivity (Wildman–Crippen MR) is 43.4 cm³/mol. The zero-order chi connectivity index (χ0) is 8.81. The zero-order valence-corrected chi connectivity index (χ0v) is 7.50. The highest BCUT2D eigenvalue weighted by atomic mass is 35.5. The fourth-order valence-electron chi connectivity index (χ4n) is 0.628. The third-order valence-corrected chi connectivity index (χ3v) is 1.45. The number of ether oxygens (including phenoxy) is 2. The first kappa shape index (κ1) is 9.35. The van der Waals surface area contributed by atoms with Crippen LogP contribution in [0, 0.1) is 0 Å². The largest absolute Gasteiger partial charge is 0.448 e. The van der Waals surface area contributed by atoms with Crippen LogP contribution < -0.4 is 4.74 Å². The van der Waals surface area contributed by atoms with Crippen molar-refractivity contribution in [3.63, 3.8) is 0 Å². The van der Waals surface area contributed by atoms with E-state index >= 15 is 0 Å². The van der Waals surface area contributed by atoms with Crippen LogP contribution in [-0.4, -0.2) is 25.3 Å². The average molecular weight is 192 g/mol. The molecular weight excluding hydrogens is 182 g/mol. The van der Waals surface area contributed by atoms with Crippen molar-refractivity contribution in [1.29, 1.82) is 0 Å². The van der Waals surface area contributed by atoms with Crippen LogP contribution in [0.15, 0.2) is 10.7 Å². The Labute approximate surface area is 75.4 Å². The molecule has 0 bridgehead atoms. The second-order valence-electron chi connectivity index (χ2n) is 2.08. The number of hydrogen-bond donors (Lipinski definition) is 0. The van der Waals surface area contributed by atoms with Crippen LogP contribution in [0.1, 0.15) is 5.69 Å². The molecule has 5 heteroatoms. The predicted octanol–water partition coefficient (Wildman–Crippen LogP) is 1.44. The monoisotopic (exact) mass is 191 g/mol. The van der Waals surface area contributed by atoms with Crippen LogP contribution >= 0.6 is 11.6 Å². The van der Waals surface area contributed by atoms with E-state index in [1.807, 2.05) is 0 Å². The number of halogens is 1. The van der Waals surface area contributed by atoms with Crippen molar-refractivity contribution >= 4 is 11.6 Å². The van der Waals surface area contributed by atoms with Gasteiger partial charge < -0.3 is 13.9 Å². The lowest BCUT2D eigenvalue weighted by Gasteiger charge is -1.97. The number of rotatable bonds is 5. The van der Waals surface area contributed by atoms with Crippen molar-refractivity contribution < 1.29 is 13.9 Å². The molecule has 0 N–H and O–H groups in total. The quantitative estimate of drug-likeness (QED) is 0.522. The van der Waals surface area contributed by atoms with Gasteiger partial charge in [-0.15, -0.1) is 11.6 Å². The molecule has 4 nitrogen and oxygen atoms in total. The van der Waals surface area contributed by atoms with E-state index in [9.17, 15) is 0 Å². The lowest BCUT2D eigenvalue weighted by molar-refractivity contribution is 0.126. The summed E-state index contributed by atoms with van der Waals surface area (Å²) < 4.78 is 14.8. The Bertz CT molecular complexity index is 226. The van der Waals surface area contributed by atoms with E-state index in [0.29, 0.717) is 24.8 Å². The minimum atomic E-state index is 0.239. The van der Waals surface area contributed by atoms with Gasteiger partial charge in [0.2, 0.25) is 0 Å². The Morgan fingerprint density at radius 2 is 2.42 bits per heavy atom. The minimum absolute atomic E-state index is 0.239. The third kappa shape index (κ3) is 2.71. The van der Waals surface area contributed by atoms with Gasteiger partial charge in [0.05, 0.1) is 18.2 Å². The highest BCUT2D eigenvalue weighted by Crippen LogP contribution is 2.11. The lowest BCUT2D eigenvalue weighted by Crippen LogP contribution is -2.04. The van der Waals surface area contributed by atoms with Gasteiger partial charge in [-0.2, -0.15) is 4.98 Å². The zero-order valence-electron chi connectivity index (χ0n) is 6.75. The first-order chi connectivity index (χ1) is 5.86. The number of alkyl halides is 1. The molecule has 0 spiro atoms. The molecule has 1 heterocycles. The third-order valence-electron chi connectivity index (χ3n) is 1.18. The van der Waals surface area contributed by atoms with Gasteiger partial charge >= 0.3 is 6.08 Å². The molecule has 1 aromatic rings. The van der Waals surface area contributed by atoms with E-state index in [-0.39, 0.29) is 6.08 Å². The van der Waals surface area contributed by atoms with E-state index in [1.165, 1.54) is 6.26 Å². The summed E-state index contributed by atoms with van der Waals surface area (Å²) in [5, 5.41) is 0. The molecule has 0 amide bonds. The summed E-state index contributed by atoms with van der Waals surface area (Å²) in [5.41, 5.74) is 0.670. The molecule has 0 saturated heterocycles. The van der Waals surface area contributed by atoms with Crippen LogP contribution in [0.2, 0.25) is 0 Å². The number of hydrogen-bond acceptors (Lipinski definition) is 4. The van der Waals surface area contributed by atoms with Crippen LogP contribution in [0.5, 0.6) is 6.08 Å². The number of methoxy groups -OCH3 is 1. The van der Waals surface area contributed by atoms with Gasteiger partial charge in [0.1, 0.15) is 12.9 Å². The van der Waals surface area contributed by atoms with E-state index < -0.39 is 0 Å². The smallest absolute Gasteiger partial charge is 0.393 e. The first-order valence-corrected chi connectivity index (χ1v) is 4.02. The Morgan fingerprint density at radius 3 is 3.00 bits per heavy atom. The summed E-state index contributed by atoms with van der Waals surface area (Å²) in [6.07, 6.45) is 1.71. The van der Waals surface area contributed by atoms with E-state index in [0.717, 1.165) is 0 Å². The maximum absolute atomic E-state index is 5.50. The molecule has 0 aliphatic carbocycles. The van der Waals surface area contributed by atoms with E-state index in [1.54, 1.807) is 7.11 Å². The highest BCUT2D eigenvalue weighted by Gasteiger charge is 2.02. The normalized spacial score (nSPS) is 10.2. The maximum atomic E-state index is 5.50. The van der Waals surface area contributed by atoms with Crippen molar-refractivity contribution in [1.82, 2.24) is 4.98 Å². The molecule has 0 aliphatic heterocycles. The maximum Gasteiger partial charge on any atom is 0.393 e. The average Bonchev–Trinajstić information content (AvgIpc) is 2.53. The van der Waals surface area contributed by atoms with Crippen molar-refractivity contribution in [2.45, 2.75) is 5.88 Å². The van der Waals surface area contributed by atoms with Gasteiger partial charge in [-0.1, -0.05) is 0 Å². The fraction of sp³-hybridized carbons (Fsp3) is 0.571. The molecule has 1 aromatic heterocycles. The second kappa shape index (κ2) is 5.00. The molecule has 0 radical (unpaired) electrons. The van der Waals surface area contributed by atoms with Gasteiger partial charge in [-0.05, 0) is 0 Å². The van der Waals surface area contributed by atoms with Crippen LogP contribution in [0.4, 0.5) is 0 Å². The SMILES string of the molecule is COCCOc1nc(CCl)co1. The van der Waals surface area contributed by atoms with Gasteiger partial charge in [-0.25, -0.2) is 0 Å². The van der Waals surface area contributed by atoms with Crippen LogP contribution in [0.25, 0.3) is 0 Å². The number of oxazole rings is 1. The van der Waals surface area contributed by atoms with Gasteiger partial charge in [-0.3, -0.25) is 0 Å². The summed E-state index contributed by atoms with van der Waals surface area (Å²) in [5.74, 6) is 0.330. The molecule has 1 rings (SSSR count). The molecule has 0 aliphatic rings. The minimum Gasteiger partial charge on any atom is -0.448 e. The summed E-state index contributed by atoms with van der Waals surface area (Å²) >= 11 is 5.50. The van der Waals surface area contributed by atoms with Crippen molar-refractivity contribution in [3.05, 3.63) is 12.0 Å². The fourth-order valence-corrected chi connectivity index (χ4v) is 0.751. The molecular formula is C7H10ClNO3. The van der Waals surface area contributed by atoms with Gasteiger partial charge in [0.15, 0.2) is 0 Å². The van der Waals surface area contributed by atoms with E-state index in [4.69, 9.17) is 25.5 Å². The first-order valence-electron chi connectivity index (χ1n) is 3.49. The summed E-state index contributed by atoms with van der Waals surface area (Å²) in [6.45, 7) is 0.942. The molecule has 12 heavy (non-hydrogen) atoms. The van der Waals surface area contributed by atoms with Crippen LogP contribution in [0.3, 0.4) is 0 Å². The Hall–Kier alpha value is -0.740. The van der Waals surface area contributed by atoms with Gasteiger partial charge in [0.25, 0.3) is 0 Å². The topological polar surface area (TPSA) is 44.5 Å². The number of aromatic nitrogens is 1. The molecule has 68 valence electrons. The molecule has 0 aromatic carbocycles. The van der Waals surface area contributed by atoms with E-state index in [2.05, 4.69) is 4.98 Å². The second-order valence-corrected chi connectivity index (χ2v) is 2.35. The number of nitrogens with zero attached hydrogens (tertiary/aromatic N) is 1. The molecule has 0 saturated carbocycles. The lowest BCUT2D eigenvalue weighted by atomic mass is 10.6. The highest BCUT2D eigenvalue weighted by molar-refractivity contribution is 6.16. The Kier molecular flexibility index (Phi) is 3.90. The molecule has 0 fully saturated rings. The van der Waals surface area contributed by atoms with Gasteiger partial charge in [0, 0.05) is 7.11 Å². The van der Waals surface area contributed by atoms with Crippen LogP contribution in [-0.2, 0) is 10.6 Å². The Morgan fingerprint density at radius 1 is 1.58 bits per heavy atom. The molecule has 0 unspecified atom stereocenters. The summed E-state index contributed by atoms with van der Waals surface area (Å²) in [4.78, 5) is 3.92. The van der Waals surface area contributed by atoms with Crippen molar-refractivity contribution in [3.8, 4) is 6.08 Å². The van der Waals surface area contributed by atoms with Crippen molar-refractivity contribution in [2.75, 3.05) is 20.3 Å². The standard InChI is InChI=1S/C7H10ClNO3/c1-10-2-3-11-7-9-6(4-8)5-12-7/h5H,2-4H2,1H3. The summed E-state index contributed by atoms with van der Waals surface area (Å²) in [6, 6.07) is 0. The molecule has 0 atom stereocenters. The Balaban J connectivity index is 2.31.